The molecule has 1 N–H and O–H groups in total. The van der Waals surface area contributed by atoms with Crippen molar-refractivity contribution in [2.75, 3.05) is 31.6 Å². The Morgan fingerprint density at radius 2 is 1.80 bits per heavy atom. The van der Waals surface area contributed by atoms with Gasteiger partial charge in [0.25, 0.3) is 0 Å². The van der Waals surface area contributed by atoms with Gasteiger partial charge in [0.1, 0.15) is 11.6 Å². The number of benzene rings is 2. The molecular weight excluding hydrogens is 390 g/mol. The highest BCUT2D eigenvalue weighted by molar-refractivity contribution is 5.94. The maximum Gasteiger partial charge on any atom is 0.229 e. The first-order valence-electron chi connectivity index (χ1n) is 10.1. The van der Waals surface area contributed by atoms with Gasteiger partial charge in [-0.05, 0) is 48.7 Å². The molecule has 1 spiro atoms. The summed E-state index contributed by atoms with van der Waals surface area (Å²) in [5.41, 5.74) is 0.780. The van der Waals surface area contributed by atoms with Gasteiger partial charge in [-0.3, -0.25) is 9.59 Å². The number of nitrogens with zero attached hydrogens (tertiary/aromatic N) is 1. The van der Waals surface area contributed by atoms with Gasteiger partial charge in [-0.25, -0.2) is 8.78 Å². The van der Waals surface area contributed by atoms with E-state index in [0.29, 0.717) is 44.8 Å². The summed E-state index contributed by atoms with van der Waals surface area (Å²) in [6.45, 7) is 1.88. The minimum Gasteiger partial charge on any atom is -0.381 e. The molecule has 2 heterocycles. The molecule has 158 valence electrons. The van der Waals surface area contributed by atoms with Crippen LogP contribution in [-0.4, -0.2) is 43.0 Å². The van der Waals surface area contributed by atoms with E-state index in [9.17, 15) is 18.4 Å². The quantitative estimate of drug-likeness (QED) is 0.834. The Morgan fingerprint density at radius 3 is 2.50 bits per heavy atom. The summed E-state index contributed by atoms with van der Waals surface area (Å²) in [4.78, 5) is 27.8. The highest BCUT2D eigenvalue weighted by Gasteiger charge is 2.51. The van der Waals surface area contributed by atoms with Gasteiger partial charge >= 0.3 is 0 Å². The van der Waals surface area contributed by atoms with Gasteiger partial charge in [0.2, 0.25) is 11.8 Å². The number of hydrogen-bond donors (Lipinski definition) is 1. The van der Waals surface area contributed by atoms with Crippen molar-refractivity contribution in [1.82, 2.24) is 4.90 Å². The van der Waals surface area contributed by atoms with Crippen LogP contribution in [0.2, 0.25) is 0 Å². The summed E-state index contributed by atoms with van der Waals surface area (Å²) in [6, 6.07) is 11.7. The molecule has 0 aromatic heterocycles. The Labute approximate surface area is 174 Å². The number of nitrogens with one attached hydrogen (secondary N) is 1. The summed E-state index contributed by atoms with van der Waals surface area (Å²) < 4.78 is 32.1. The Kier molecular flexibility index (Phi) is 5.81. The molecule has 5 nitrogen and oxygen atoms in total. The van der Waals surface area contributed by atoms with Crippen molar-refractivity contribution in [3.63, 3.8) is 0 Å². The van der Waals surface area contributed by atoms with Crippen molar-refractivity contribution in [1.29, 1.82) is 0 Å². The van der Waals surface area contributed by atoms with E-state index < -0.39 is 11.7 Å². The lowest BCUT2D eigenvalue weighted by atomic mass is 9.71. The third kappa shape index (κ3) is 4.36. The Balaban J connectivity index is 1.50. The highest BCUT2D eigenvalue weighted by atomic mass is 19.1. The van der Waals surface area contributed by atoms with Gasteiger partial charge in [0.15, 0.2) is 0 Å². The fourth-order valence-corrected chi connectivity index (χ4v) is 4.49. The third-order valence-electron chi connectivity index (χ3n) is 6.17. The third-order valence-corrected chi connectivity index (χ3v) is 6.17. The topological polar surface area (TPSA) is 58.6 Å². The molecule has 4 rings (SSSR count). The molecule has 2 amide bonds. The average Bonchev–Trinajstić information content (AvgIpc) is 3.09. The molecule has 2 aromatic rings. The van der Waals surface area contributed by atoms with Crippen molar-refractivity contribution < 1.29 is 23.1 Å². The summed E-state index contributed by atoms with van der Waals surface area (Å²) in [5, 5.41) is 2.81. The number of anilines is 1. The molecule has 0 radical (unpaired) electrons. The van der Waals surface area contributed by atoms with E-state index in [1.54, 1.807) is 29.2 Å². The summed E-state index contributed by atoms with van der Waals surface area (Å²) in [7, 11) is 0. The lowest BCUT2D eigenvalue weighted by Crippen LogP contribution is -2.42. The Bertz CT molecular complexity index is 926. The molecule has 0 bridgehead atoms. The van der Waals surface area contributed by atoms with Crippen molar-refractivity contribution >= 4 is 17.5 Å². The fraction of sp³-hybridized carbons (Fsp3) is 0.391. The second kappa shape index (κ2) is 8.52. The van der Waals surface area contributed by atoms with E-state index >= 15 is 0 Å². The molecule has 2 aromatic carbocycles. The zero-order chi connectivity index (χ0) is 21.1. The first-order chi connectivity index (χ1) is 14.4. The molecule has 0 saturated carbocycles. The van der Waals surface area contributed by atoms with Crippen LogP contribution < -0.4 is 5.32 Å². The molecule has 30 heavy (non-hydrogen) atoms. The zero-order valence-electron chi connectivity index (χ0n) is 16.6. The second-order valence-corrected chi connectivity index (χ2v) is 8.10. The maximum atomic E-state index is 13.5. The molecule has 2 aliphatic heterocycles. The molecule has 2 saturated heterocycles. The number of carbonyl (C=O) groups excluding carboxylic acids is 2. The fourth-order valence-electron chi connectivity index (χ4n) is 4.49. The zero-order valence-corrected chi connectivity index (χ0v) is 16.6. The van der Waals surface area contributed by atoms with Crippen LogP contribution in [0.3, 0.4) is 0 Å². The molecule has 1 atom stereocenters. The number of halogens is 2. The van der Waals surface area contributed by atoms with Crippen LogP contribution in [0, 0.1) is 23.0 Å². The molecular formula is C23H24F2N2O3. The second-order valence-electron chi connectivity index (χ2n) is 8.10. The van der Waals surface area contributed by atoms with E-state index in [4.69, 9.17) is 4.74 Å². The standard InChI is InChI=1S/C23H24F2N2O3/c24-17-6-4-16(5-7-17)12-21(28)27-14-20(23(15-27)8-10-30-11-9-23)22(29)26-19-3-1-2-18(25)13-19/h1-7,13,20H,8-12,14-15H2,(H,26,29). The molecule has 7 heteroatoms. The molecule has 2 aliphatic rings. The van der Waals surface area contributed by atoms with Gasteiger partial charge in [0.05, 0.1) is 12.3 Å². The molecule has 1 unspecified atom stereocenters. The summed E-state index contributed by atoms with van der Waals surface area (Å²) in [5.74, 6) is -1.46. The van der Waals surface area contributed by atoms with E-state index in [2.05, 4.69) is 5.32 Å². The predicted octanol–water partition coefficient (Wildman–Crippen LogP) is 3.40. The summed E-state index contributed by atoms with van der Waals surface area (Å²) >= 11 is 0. The molecule has 2 fully saturated rings. The van der Waals surface area contributed by atoms with Gasteiger partial charge < -0.3 is 15.0 Å². The van der Waals surface area contributed by atoms with Gasteiger partial charge in [0, 0.05) is 37.4 Å². The van der Waals surface area contributed by atoms with Gasteiger partial charge in [-0.1, -0.05) is 18.2 Å². The van der Waals surface area contributed by atoms with Crippen LogP contribution in [0.5, 0.6) is 0 Å². The highest BCUT2D eigenvalue weighted by Crippen LogP contribution is 2.45. The minimum atomic E-state index is -0.420. The van der Waals surface area contributed by atoms with Crippen LogP contribution in [0.15, 0.2) is 48.5 Å². The molecule has 0 aliphatic carbocycles. The predicted molar refractivity (Wildman–Crippen MR) is 108 cm³/mol. The average molecular weight is 414 g/mol. The lowest BCUT2D eigenvalue weighted by molar-refractivity contribution is -0.130. The van der Waals surface area contributed by atoms with Crippen molar-refractivity contribution in [3.05, 3.63) is 65.7 Å². The lowest BCUT2D eigenvalue weighted by Gasteiger charge is -2.37. The van der Waals surface area contributed by atoms with Crippen LogP contribution >= 0.6 is 0 Å². The smallest absolute Gasteiger partial charge is 0.229 e. The van der Waals surface area contributed by atoms with Crippen LogP contribution in [0.25, 0.3) is 0 Å². The van der Waals surface area contributed by atoms with Gasteiger partial charge in [-0.2, -0.15) is 0 Å². The Hall–Kier alpha value is -2.80. The van der Waals surface area contributed by atoms with Crippen LogP contribution in [0.1, 0.15) is 18.4 Å². The van der Waals surface area contributed by atoms with Crippen molar-refractivity contribution in [2.45, 2.75) is 19.3 Å². The number of likely N-dealkylation sites (tertiary alicyclic amines) is 1. The Morgan fingerprint density at radius 1 is 1.07 bits per heavy atom. The number of hydrogen-bond acceptors (Lipinski definition) is 3. The van der Waals surface area contributed by atoms with E-state index in [1.807, 2.05) is 0 Å². The normalized spacial score (nSPS) is 20.3. The first kappa shape index (κ1) is 20.5. The number of amides is 2. The summed E-state index contributed by atoms with van der Waals surface area (Å²) in [6.07, 6.45) is 1.54. The number of carbonyl (C=O) groups is 2. The maximum absolute atomic E-state index is 13.5. The number of ether oxygens (including phenoxy) is 1. The van der Waals surface area contributed by atoms with Crippen LogP contribution in [0.4, 0.5) is 14.5 Å². The van der Waals surface area contributed by atoms with E-state index in [1.165, 1.54) is 24.3 Å². The van der Waals surface area contributed by atoms with Crippen molar-refractivity contribution in [2.24, 2.45) is 11.3 Å². The minimum absolute atomic E-state index is 0.0893. The van der Waals surface area contributed by atoms with E-state index in [-0.39, 0.29) is 29.5 Å². The first-order valence-corrected chi connectivity index (χ1v) is 10.1. The van der Waals surface area contributed by atoms with Crippen LogP contribution in [-0.2, 0) is 20.7 Å². The largest absolute Gasteiger partial charge is 0.381 e. The monoisotopic (exact) mass is 414 g/mol. The van der Waals surface area contributed by atoms with E-state index in [0.717, 1.165) is 5.56 Å². The van der Waals surface area contributed by atoms with Crippen molar-refractivity contribution in [3.8, 4) is 0 Å². The van der Waals surface area contributed by atoms with Gasteiger partial charge in [-0.15, -0.1) is 0 Å². The SMILES string of the molecule is O=C(Nc1cccc(F)c1)C1CN(C(=O)Cc2ccc(F)cc2)CC12CCOCC2. The number of rotatable bonds is 4.